The van der Waals surface area contributed by atoms with Gasteiger partial charge in [0.2, 0.25) is 0 Å². The van der Waals surface area contributed by atoms with E-state index in [1.54, 1.807) is 18.2 Å². The van der Waals surface area contributed by atoms with Gasteiger partial charge in [-0.25, -0.2) is 0 Å². The van der Waals surface area contributed by atoms with Crippen LogP contribution in [0.5, 0.6) is 0 Å². The molecule has 0 unspecified atom stereocenters. The summed E-state index contributed by atoms with van der Waals surface area (Å²) in [5, 5.41) is 11.9. The highest BCUT2D eigenvalue weighted by molar-refractivity contribution is 6.33. The van der Waals surface area contributed by atoms with Crippen LogP contribution in [0.3, 0.4) is 0 Å². The Morgan fingerprint density at radius 2 is 1.62 bits per heavy atom. The molecular weight excluding hydrogens is 392 g/mol. The largest absolute Gasteiger partial charge is 0.368 e. The number of hydrogen-bond acceptors (Lipinski definition) is 5. The summed E-state index contributed by atoms with van der Waals surface area (Å²) in [6, 6.07) is 12.4. The number of halogens is 1. The predicted molar refractivity (Wildman–Crippen MR) is 114 cm³/mol. The highest BCUT2D eigenvalue weighted by Gasteiger charge is 2.27. The van der Waals surface area contributed by atoms with Crippen LogP contribution < -0.4 is 9.80 Å². The molecule has 8 heteroatoms. The van der Waals surface area contributed by atoms with Crippen LogP contribution in [0, 0.1) is 10.1 Å². The van der Waals surface area contributed by atoms with Crippen LogP contribution in [0.25, 0.3) is 0 Å². The van der Waals surface area contributed by atoms with Gasteiger partial charge in [-0.15, -0.1) is 0 Å². The van der Waals surface area contributed by atoms with Crippen molar-refractivity contribution in [1.29, 1.82) is 0 Å². The summed E-state index contributed by atoms with van der Waals surface area (Å²) in [5.41, 5.74) is 2.33. The molecular formula is C21H23ClN4O3. The summed E-state index contributed by atoms with van der Waals surface area (Å²) >= 11 is 6.17. The van der Waals surface area contributed by atoms with Crippen LogP contribution in [0.15, 0.2) is 42.5 Å². The van der Waals surface area contributed by atoms with Crippen molar-refractivity contribution in [3.05, 3.63) is 63.2 Å². The van der Waals surface area contributed by atoms with Gasteiger partial charge in [-0.05, 0) is 37.1 Å². The molecule has 29 heavy (non-hydrogen) atoms. The molecule has 0 radical (unpaired) electrons. The summed E-state index contributed by atoms with van der Waals surface area (Å²) < 4.78 is 0. The number of carbonyl (C=O) groups excluding carboxylic acids is 1. The van der Waals surface area contributed by atoms with Crippen molar-refractivity contribution in [3.8, 4) is 0 Å². The van der Waals surface area contributed by atoms with E-state index in [9.17, 15) is 14.9 Å². The summed E-state index contributed by atoms with van der Waals surface area (Å²) in [6.45, 7) is 4.22. The molecule has 2 aliphatic heterocycles. The first-order valence-electron chi connectivity index (χ1n) is 9.87. The van der Waals surface area contributed by atoms with Crippen LogP contribution in [0.1, 0.15) is 23.2 Å². The number of rotatable bonds is 4. The van der Waals surface area contributed by atoms with E-state index >= 15 is 0 Å². The first kappa shape index (κ1) is 19.5. The molecule has 0 saturated carbocycles. The van der Waals surface area contributed by atoms with Gasteiger partial charge in [0, 0.05) is 51.0 Å². The average molecular weight is 415 g/mol. The lowest BCUT2D eigenvalue weighted by atomic mass is 10.1. The minimum absolute atomic E-state index is 0.0586. The Balaban J connectivity index is 1.48. The van der Waals surface area contributed by atoms with E-state index < -0.39 is 0 Å². The second-order valence-electron chi connectivity index (χ2n) is 7.38. The van der Waals surface area contributed by atoms with Crippen molar-refractivity contribution in [2.45, 2.75) is 12.8 Å². The number of nitro groups is 1. The third-order valence-electron chi connectivity index (χ3n) is 5.64. The fraction of sp³-hybridized carbons (Fsp3) is 0.381. The molecule has 7 nitrogen and oxygen atoms in total. The number of benzene rings is 2. The van der Waals surface area contributed by atoms with Crippen LogP contribution in [0.4, 0.5) is 17.1 Å². The fourth-order valence-electron chi connectivity index (χ4n) is 4.05. The monoisotopic (exact) mass is 414 g/mol. The molecule has 0 N–H and O–H groups in total. The van der Waals surface area contributed by atoms with Crippen molar-refractivity contribution in [2.75, 3.05) is 49.1 Å². The molecule has 2 aromatic rings. The van der Waals surface area contributed by atoms with E-state index in [2.05, 4.69) is 9.80 Å². The lowest BCUT2D eigenvalue weighted by Gasteiger charge is -2.36. The van der Waals surface area contributed by atoms with Crippen molar-refractivity contribution >= 4 is 34.6 Å². The molecule has 0 spiro atoms. The van der Waals surface area contributed by atoms with Crippen LogP contribution in [-0.4, -0.2) is 55.0 Å². The zero-order chi connectivity index (χ0) is 20.4. The van der Waals surface area contributed by atoms with E-state index in [1.807, 2.05) is 29.2 Å². The van der Waals surface area contributed by atoms with Gasteiger partial charge < -0.3 is 14.7 Å². The van der Waals surface area contributed by atoms with E-state index in [0.29, 0.717) is 42.5 Å². The number of piperazine rings is 1. The summed E-state index contributed by atoms with van der Waals surface area (Å²) in [5.74, 6) is -0.0586. The smallest absolute Gasteiger partial charge is 0.292 e. The first-order chi connectivity index (χ1) is 14.0. The van der Waals surface area contributed by atoms with Crippen molar-refractivity contribution in [2.24, 2.45) is 0 Å². The van der Waals surface area contributed by atoms with Gasteiger partial charge in [-0.1, -0.05) is 23.7 Å². The summed E-state index contributed by atoms with van der Waals surface area (Å²) in [6.07, 6.45) is 2.12. The van der Waals surface area contributed by atoms with Gasteiger partial charge in [0.1, 0.15) is 5.69 Å². The maximum absolute atomic E-state index is 12.8. The minimum atomic E-state index is -0.308. The Morgan fingerprint density at radius 3 is 2.28 bits per heavy atom. The minimum Gasteiger partial charge on any atom is -0.368 e. The maximum atomic E-state index is 12.8. The number of nitro benzene ring substituents is 1. The van der Waals surface area contributed by atoms with Crippen LogP contribution in [-0.2, 0) is 0 Å². The van der Waals surface area contributed by atoms with Crippen molar-refractivity contribution in [3.63, 3.8) is 0 Å². The summed E-state index contributed by atoms with van der Waals surface area (Å²) in [7, 11) is 0. The number of hydrogen-bond donors (Lipinski definition) is 0. The third kappa shape index (κ3) is 4.00. The number of carbonyl (C=O) groups is 1. The lowest BCUT2D eigenvalue weighted by Crippen LogP contribution is -2.48. The lowest BCUT2D eigenvalue weighted by molar-refractivity contribution is -0.384. The molecule has 1 amide bonds. The Morgan fingerprint density at radius 1 is 0.931 bits per heavy atom. The van der Waals surface area contributed by atoms with Gasteiger partial charge in [0.05, 0.1) is 15.5 Å². The Hall–Kier alpha value is -2.80. The van der Waals surface area contributed by atoms with E-state index in [1.165, 1.54) is 0 Å². The third-order valence-corrected chi connectivity index (χ3v) is 5.97. The average Bonchev–Trinajstić information content (AvgIpc) is 3.28. The molecule has 2 heterocycles. The molecule has 2 saturated heterocycles. The topological polar surface area (TPSA) is 69.9 Å². The second-order valence-corrected chi connectivity index (χ2v) is 7.79. The fourth-order valence-corrected chi connectivity index (χ4v) is 4.26. The van der Waals surface area contributed by atoms with Gasteiger partial charge in [-0.3, -0.25) is 14.9 Å². The number of anilines is 2. The highest BCUT2D eigenvalue weighted by Crippen LogP contribution is 2.35. The molecule has 0 aromatic heterocycles. The standard InChI is InChI=1S/C21H23ClN4O3/c22-18-6-2-1-5-17(18)21(27)25-13-11-23(12-14-25)16-7-8-19(26(28)29)20(15-16)24-9-3-4-10-24/h1-2,5-8,15H,3-4,9-14H2. The predicted octanol–water partition coefficient (Wildman–Crippen LogP) is 3.81. The molecule has 0 bridgehead atoms. The molecule has 4 rings (SSSR count). The van der Waals surface area contributed by atoms with Gasteiger partial charge >= 0.3 is 0 Å². The summed E-state index contributed by atoms with van der Waals surface area (Å²) in [4.78, 5) is 30.0. The molecule has 0 aliphatic carbocycles. The zero-order valence-corrected chi connectivity index (χ0v) is 16.8. The van der Waals surface area contributed by atoms with Gasteiger partial charge in [-0.2, -0.15) is 0 Å². The highest BCUT2D eigenvalue weighted by atomic mass is 35.5. The first-order valence-corrected chi connectivity index (χ1v) is 10.2. The second kappa shape index (κ2) is 8.29. The maximum Gasteiger partial charge on any atom is 0.292 e. The quantitative estimate of drug-likeness (QED) is 0.562. The SMILES string of the molecule is O=C(c1ccccc1Cl)N1CCN(c2ccc([N+](=O)[O-])c(N3CCCC3)c2)CC1. The van der Waals surface area contributed by atoms with Crippen LogP contribution >= 0.6 is 11.6 Å². The molecule has 152 valence electrons. The van der Waals surface area contributed by atoms with Crippen molar-refractivity contribution < 1.29 is 9.72 Å². The van der Waals surface area contributed by atoms with Gasteiger partial charge in [0.15, 0.2) is 0 Å². The molecule has 2 aromatic carbocycles. The van der Waals surface area contributed by atoms with E-state index in [0.717, 1.165) is 31.6 Å². The Kier molecular flexibility index (Phi) is 5.58. The molecule has 0 atom stereocenters. The zero-order valence-electron chi connectivity index (χ0n) is 16.1. The van der Waals surface area contributed by atoms with E-state index in [-0.39, 0.29) is 16.5 Å². The number of nitrogens with zero attached hydrogens (tertiary/aromatic N) is 4. The van der Waals surface area contributed by atoms with E-state index in [4.69, 9.17) is 11.6 Å². The molecule has 2 aliphatic rings. The number of amides is 1. The Bertz CT molecular complexity index is 922. The van der Waals surface area contributed by atoms with Crippen molar-refractivity contribution in [1.82, 2.24) is 4.90 Å². The normalized spacial score (nSPS) is 16.9. The molecule has 2 fully saturated rings. The van der Waals surface area contributed by atoms with Crippen LogP contribution in [0.2, 0.25) is 5.02 Å². The Labute approximate surface area is 174 Å². The van der Waals surface area contributed by atoms with Gasteiger partial charge in [0.25, 0.3) is 11.6 Å².